The number of halogens is 2. The molecule has 0 spiro atoms. The van der Waals surface area contributed by atoms with Gasteiger partial charge in [-0.3, -0.25) is 14.5 Å². The van der Waals surface area contributed by atoms with Crippen LogP contribution in [0.1, 0.15) is 24.5 Å². The molecule has 0 radical (unpaired) electrons. The van der Waals surface area contributed by atoms with E-state index in [0.29, 0.717) is 39.8 Å². The Labute approximate surface area is 162 Å². The predicted octanol–water partition coefficient (Wildman–Crippen LogP) is 4.90. The van der Waals surface area contributed by atoms with Gasteiger partial charge in [0.1, 0.15) is 5.70 Å². The minimum Gasteiger partial charge on any atom is -0.350 e. The van der Waals surface area contributed by atoms with Crippen LogP contribution in [-0.4, -0.2) is 23.3 Å². The summed E-state index contributed by atoms with van der Waals surface area (Å²) in [5.74, 6) is -0.637. The van der Waals surface area contributed by atoms with E-state index in [1.165, 1.54) is 4.90 Å². The molecule has 0 fully saturated rings. The number of rotatable bonds is 5. The molecule has 1 aliphatic rings. The van der Waals surface area contributed by atoms with Crippen LogP contribution in [0.5, 0.6) is 0 Å². The third-order valence-corrected chi connectivity index (χ3v) is 4.69. The number of nitrogens with one attached hydrogen (secondary N) is 1. The second-order valence-corrected chi connectivity index (χ2v) is 6.98. The topological polar surface area (TPSA) is 49.4 Å². The molecule has 0 aliphatic carbocycles. The van der Waals surface area contributed by atoms with Crippen molar-refractivity contribution in [3.05, 3.63) is 69.3 Å². The summed E-state index contributed by atoms with van der Waals surface area (Å²) in [6.45, 7) is 4.20. The SMILES string of the molecule is CCCN1C(=O)C(Nc2cc(Cl)ccc2C)=C(c2ccc(Cl)cc2)C1=O. The van der Waals surface area contributed by atoms with E-state index in [1.807, 2.05) is 19.9 Å². The molecular weight excluding hydrogens is 371 g/mol. The van der Waals surface area contributed by atoms with Gasteiger partial charge in [-0.25, -0.2) is 0 Å². The van der Waals surface area contributed by atoms with Crippen LogP contribution in [0, 0.1) is 6.92 Å². The normalized spacial score (nSPS) is 14.4. The lowest BCUT2D eigenvalue weighted by molar-refractivity contribution is -0.136. The van der Waals surface area contributed by atoms with Gasteiger partial charge in [0.05, 0.1) is 5.57 Å². The van der Waals surface area contributed by atoms with Gasteiger partial charge in [0.2, 0.25) is 0 Å². The zero-order chi connectivity index (χ0) is 18.8. The fourth-order valence-electron chi connectivity index (χ4n) is 2.87. The number of hydrogen-bond donors (Lipinski definition) is 1. The number of carbonyl (C=O) groups excluding carboxylic acids is 2. The van der Waals surface area contributed by atoms with Crippen LogP contribution in [0.3, 0.4) is 0 Å². The molecular formula is C20H18Cl2N2O2. The van der Waals surface area contributed by atoms with Gasteiger partial charge in [0.15, 0.2) is 0 Å². The average Bonchev–Trinajstić information content (AvgIpc) is 2.84. The quantitative estimate of drug-likeness (QED) is 0.740. The lowest BCUT2D eigenvalue weighted by Gasteiger charge is -2.14. The first-order valence-corrected chi connectivity index (χ1v) is 9.07. The number of amides is 2. The van der Waals surface area contributed by atoms with E-state index < -0.39 is 0 Å². The highest BCUT2D eigenvalue weighted by Crippen LogP contribution is 2.32. The van der Waals surface area contributed by atoms with E-state index in [-0.39, 0.29) is 17.5 Å². The highest BCUT2D eigenvalue weighted by atomic mass is 35.5. The first kappa shape index (κ1) is 18.5. The van der Waals surface area contributed by atoms with Crippen LogP contribution < -0.4 is 5.32 Å². The van der Waals surface area contributed by atoms with E-state index in [4.69, 9.17) is 23.2 Å². The Balaban J connectivity index is 2.10. The molecule has 0 atom stereocenters. The summed E-state index contributed by atoms with van der Waals surface area (Å²) in [6.07, 6.45) is 0.689. The number of benzene rings is 2. The lowest BCUT2D eigenvalue weighted by atomic mass is 10.0. The van der Waals surface area contributed by atoms with Gasteiger partial charge in [0, 0.05) is 22.3 Å². The Morgan fingerprint density at radius 3 is 2.27 bits per heavy atom. The summed E-state index contributed by atoms with van der Waals surface area (Å²) in [7, 11) is 0. The fraction of sp³-hybridized carbons (Fsp3) is 0.200. The molecule has 0 bridgehead atoms. The molecule has 0 unspecified atom stereocenters. The van der Waals surface area contributed by atoms with Crippen LogP contribution in [0.4, 0.5) is 5.69 Å². The second-order valence-electron chi connectivity index (χ2n) is 6.10. The van der Waals surface area contributed by atoms with Gasteiger partial charge in [-0.1, -0.05) is 48.3 Å². The molecule has 1 heterocycles. The zero-order valence-corrected chi connectivity index (χ0v) is 16.0. The number of carbonyl (C=O) groups is 2. The monoisotopic (exact) mass is 388 g/mol. The first-order valence-electron chi connectivity index (χ1n) is 8.32. The van der Waals surface area contributed by atoms with Crippen molar-refractivity contribution in [3.8, 4) is 0 Å². The summed E-state index contributed by atoms with van der Waals surface area (Å²) < 4.78 is 0. The summed E-state index contributed by atoms with van der Waals surface area (Å²) in [6, 6.07) is 12.3. The summed E-state index contributed by atoms with van der Waals surface area (Å²) in [4.78, 5) is 27.0. The van der Waals surface area contributed by atoms with Crippen LogP contribution in [0.25, 0.3) is 5.57 Å². The Morgan fingerprint density at radius 1 is 0.962 bits per heavy atom. The van der Waals surface area contributed by atoms with Gasteiger partial charge >= 0.3 is 0 Å². The van der Waals surface area contributed by atoms with Crippen molar-refractivity contribution in [2.24, 2.45) is 0 Å². The van der Waals surface area contributed by atoms with Gasteiger partial charge < -0.3 is 5.32 Å². The van der Waals surface area contributed by atoms with Crippen molar-refractivity contribution in [2.75, 3.05) is 11.9 Å². The maximum Gasteiger partial charge on any atom is 0.278 e. The maximum atomic E-state index is 12.9. The van der Waals surface area contributed by atoms with Crippen molar-refractivity contribution in [1.29, 1.82) is 0 Å². The van der Waals surface area contributed by atoms with E-state index in [9.17, 15) is 9.59 Å². The van der Waals surface area contributed by atoms with Crippen molar-refractivity contribution >= 4 is 46.3 Å². The van der Waals surface area contributed by atoms with E-state index in [2.05, 4.69) is 5.32 Å². The smallest absolute Gasteiger partial charge is 0.278 e. The Hall–Kier alpha value is -2.30. The second kappa shape index (κ2) is 7.52. The van der Waals surface area contributed by atoms with Crippen LogP contribution in [-0.2, 0) is 9.59 Å². The number of anilines is 1. The van der Waals surface area contributed by atoms with Crippen LogP contribution in [0.15, 0.2) is 48.2 Å². The highest BCUT2D eigenvalue weighted by Gasteiger charge is 2.38. The number of imide groups is 1. The molecule has 4 nitrogen and oxygen atoms in total. The van der Waals surface area contributed by atoms with Gasteiger partial charge in [-0.15, -0.1) is 0 Å². The average molecular weight is 389 g/mol. The van der Waals surface area contributed by atoms with Crippen LogP contribution >= 0.6 is 23.2 Å². The Morgan fingerprint density at radius 2 is 1.62 bits per heavy atom. The predicted molar refractivity (Wildman–Crippen MR) is 105 cm³/mol. The van der Waals surface area contributed by atoms with Crippen LogP contribution in [0.2, 0.25) is 10.0 Å². The maximum absolute atomic E-state index is 12.9. The number of aryl methyl sites for hydroxylation is 1. The molecule has 3 rings (SSSR count). The zero-order valence-electron chi connectivity index (χ0n) is 14.5. The van der Waals surface area contributed by atoms with Gasteiger partial charge in [-0.2, -0.15) is 0 Å². The molecule has 6 heteroatoms. The van der Waals surface area contributed by atoms with Crippen molar-refractivity contribution in [3.63, 3.8) is 0 Å². The summed E-state index contributed by atoms with van der Waals surface area (Å²) >= 11 is 12.0. The molecule has 0 saturated heterocycles. The highest BCUT2D eigenvalue weighted by molar-refractivity contribution is 6.37. The minimum atomic E-state index is -0.332. The van der Waals surface area contributed by atoms with Crippen molar-refractivity contribution in [1.82, 2.24) is 4.90 Å². The molecule has 2 aromatic rings. The molecule has 0 aromatic heterocycles. The first-order chi connectivity index (χ1) is 12.4. The molecule has 134 valence electrons. The third kappa shape index (κ3) is 3.48. The Bertz CT molecular complexity index is 905. The molecule has 26 heavy (non-hydrogen) atoms. The molecule has 1 aliphatic heterocycles. The third-order valence-electron chi connectivity index (χ3n) is 4.21. The van der Waals surface area contributed by atoms with E-state index in [0.717, 1.165) is 5.56 Å². The standard InChI is InChI=1S/C20H18Cl2N2O2/c1-3-10-24-19(25)17(13-5-8-14(21)9-6-13)18(20(24)26)23-16-11-15(22)7-4-12(16)2/h4-9,11,23H,3,10H2,1-2H3. The van der Waals surface area contributed by atoms with E-state index >= 15 is 0 Å². The van der Waals surface area contributed by atoms with E-state index in [1.54, 1.807) is 36.4 Å². The number of nitrogens with zero attached hydrogens (tertiary/aromatic N) is 1. The lowest BCUT2D eigenvalue weighted by Crippen LogP contribution is -2.33. The fourth-order valence-corrected chi connectivity index (χ4v) is 3.16. The molecule has 0 saturated carbocycles. The van der Waals surface area contributed by atoms with Crippen molar-refractivity contribution < 1.29 is 9.59 Å². The molecule has 2 aromatic carbocycles. The minimum absolute atomic E-state index is 0.260. The molecule has 2 amide bonds. The number of hydrogen-bond acceptors (Lipinski definition) is 3. The largest absolute Gasteiger partial charge is 0.350 e. The Kier molecular flexibility index (Phi) is 5.35. The van der Waals surface area contributed by atoms with Gasteiger partial charge in [-0.05, 0) is 48.7 Å². The summed E-state index contributed by atoms with van der Waals surface area (Å²) in [5.41, 5.74) is 2.87. The van der Waals surface area contributed by atoms with Crippen molar-refractivity contribution in [2.45, 2.75) is 20.3 Å². The molecule has 1 N–H and O–H groups in total. The van der Waals surface area contributed by atoms with Gasteiger partial charge in [0.25, 0.3) is 11.8 Å². The summed E-state index contributed by atoms with van der Waals surface area (Å²) in [5, 5.41) is 4.25.